The molecule has 2 aromatic carbocycles. The van der Waals surface area contributed by atoms with Crippen LogP contribution in [0.5, 0.6) is 11.5 Å². The molecule has 0 fully saturated rings. The molecule has 1 aromatic heterocycles. The number of pyridine rings is 1. The molecule has 0 bridgehead atoms. The number of nitrogens with one attached hydrogen (secondary N) is 10. The zero-order valence-electron chi connectivity index (χ0n) is 54.0. The van der Waals surface area contributed by atoms with E-state index in [9.17, 15) is 76.5 Å². The van der Waals surface area contributed by atoms with E-state index in [0.717, 1.165) is 16.1 Å². The number of nitrogens with two attached hydrogens (primary N) is 5. The van der Waals surface area contributed by atoms with Gasteiger partial charge in [0.05, 0.1) is 23.7 Å². The summed E-state index contributed by atoms with van der Waals surface area (Å²) in [5.74, 6) is -11.3. The quantitative estimate of drug-likeness (QED) is 0.0144. The lowest BCUT2D eigenvalue weighted by molar-refractivity contribution is -0.136. The number of aliphatic hydroxyl groups excluding tert-OH is 1. The van der Waals surface area contributed by atoms with Crippen LogP contribution in [0.3, 0.4) is 0 Å². The molecule has 9 atom stereocenters. The van der Waals surface area contributed by atoms with Gasteiger partial charge in [0, 0.05) is 57.4 Å². The van der Waals surface area contributed by atoms with Crippen LogP contribution >= 0.6 is 11.8 Å². The molecule has 0 unspecified atom stereocenters. The molecule has 0 radical (unpaired) electrons. The van der Waals surface area contributed by atoms with Gasteiger partial charge in [0.25, 0.3) is 0 Å². The molecule has 524 valence electrons. The summed E-state index contributed by atoms with van der Waals surface area (Å²) in [6.07, 6.45) is -0.593. The summed E-state index contributed by atoms with van der Waals surface area (Å²) in [6.45, 7) is 6.84. The van der Waals surface area contributed by atoms with Crippen LogP contribution < -0.4 is 81.8 Å². The van der Waals surface area contributed by atoms with Crippen LogP contribution in [0.2, 0.25) is 0 Å². The van der Waals surface area contributed by atoms with Crippen molar-refractivity contribution in [3.63, 3.8) is 0 Å². The zero-order chi connectivity index (χ0) is 71.4. The first kappa shape index (κ1) is 79.6. The first-order valence-corrected chi connectivity index (χ1v) is 32.5. The fourth-order valence-corrected chi connectivity index (χ4v) is 10.8. The summed E-state index contributed by atoms with van der Waals surface area (Å²) < 4.78 is 27.2. The van der Waals surface area contributed by atoms with Crippen molar-refractivity contribution < 1.29 is 76.5 Å². The highest BCUT2D eigenvalue weighted by atomic mass is 32.2. The molecule has 37 heteroatoms. The Balaban J connectivity index is 1.98. The van der Waals surface area contributed by atoms with Crippen molar-refractivity contribution in [1.82, 2.24) is 62.5 Å². The van der Waals surface area contributed by atoms with Crippen LogP contribution in [0.4, 0.5) is 0 Å². The number of nitrogens with zero attached hydrogens (tertiary/aromatic N) is 4. The van der Waals surface area contributed by atoms with Crippen molar-refractivity contribution in [1.29, 1.82) is 0 Å². The second kappa shape index (κ2) is 38.5. The largest absolute Gasteiger partial charge is 0.508 e. The van der Waals surface area contributed by atoms with E-state index in [1.807, 2.05) is 0 Å². The number of rotatable bonds is 39. The van der Waals surface area contributed by atoms with Crippen molar-refractivity contribution in [3.8, 4) is 11.5 Å². The number of phenols is 2. The molecule has 0 aliphatic heterocycles. The second-order valence-corrected chi connectivity index (χ2v) is 25.7. The standard InChI is InChI=1S/C58H89N19O16S2/c1-29(2)23-40(53(88)76-43(56(91)69-32(5)50(85)68-30(3)48(59)83)28-94-27-35-15-18-37-45(95(92,93)77(7)8)20-19-44(81)47(37)70-35)73-55(90)42(26-78)75-54(89)41(24-34-13-16-36(80)17-14-34)74-52(87)39(12-10-22-65-58(62)63)72-51(86)38(11-9-21-64-57(60)61)71-46(82)25-66-49(84)31(4)67-33(6)79/h13-20,29-32,38-43,78,80-81H,9-12,21-28H2,1-8H3,(H2,59,83)(H,66,84)(H,67,79)(H,68,85)(H,69,91)(H,71,82)(H,72,86)(H,73,90)(H,74,87)(H,75,89)(H,76,88)(H4,60,61,64)(H4,62,63,65)/t30-,31-,32+,38-,39-,40-,41-,42-,43-/m0/s1. The van der Waals surface area contributed by atoms with E-state index in [0.29, 0.717) is 11.3 Å². The maximum absolute atomic E-state index is 14.5. The molecule has 3 aromatic rings. The van der Waals surface area contributed by atoms with Gasteiger partial charge in [0.15, 0.2) is 11.9 Å². The van der Waals surface area contributed by atoms with Crippen LogP contribution in [0.15, 0.2) is 63.4 Å². The molecule has 0 saturated heterocycles. The average Bonchev–Trinajstić information content (AvgIpc) is 0.775. The summed E-state index contributed by atoms with van der Waals surface area (Å²) in [7, 11) is -1.29. The number of guanidine groups is 2. The lowest BCUT2D eigenvalue weighted by Gasteiger charge is -2.28. The first-order valence-electron chi connectivity index (χ1n) is 29.9. The monoisotopic (exact) mass is 1370 g/mol. The van der Waals surface area contributed by atoms with Crippen molar-refractivity contribution in [2.24, 2.45) is 44.6 Å². The number of benzene rings is 2. The van der Waals surface area contributed by atoms with Crippen molar-refractivity contribution in [3.05, 3.63) is 59.8 Å². The molecule has 95 heavy (non-hydrogen) atoms. The van der Waals surface area contributed by atoms with Gasteiger partial charge in [0.2, 0.25) is 75.0 Å². The van der Waals surface area contributed by atoms with E-state index in [2.05, 4.69) is 68.1 Å². The lowest BCUT2D eigenvalue weighted by atomic mass is 10.0. The molecule has 0 aliphatic carbocycles. The molecule has 0 saturated carbocycles. The highest BCUT2D eigenvalue weighted by molar-refractivity contribution is 7.98. The van der Waals surface area contributed by atoms with E-state index < -0.39 is 143 Å². The van der Waals surface area contributed by atoms with Crippen LogP contribution in [0.1, 0.15) is 84.9 Å². The molecule has 11 amide bonds. The molecule has 3 rings (SSSR count). The summed E-state index contributed by atoms with van der Waals surface area (Å²) in [4.78, 5) is 160. The fraction of sp³-hybridized carbons (Fsp3) is 0.517. The normalized spacial score (nSPS) is 14.1. The predicted octanol–water partition coefficient (Wildman–Crippen LogP) is -5.44. The topological polar surface area (TPSA) is 574 Å². The van der Waals surface area contributed by atoms with Gasteiger partial charge in [-0.15, -0.1) is 0 Å². The molecule has 35 nitrogen and oxygen atoms in total. The van der Waals surface area contributed by atoms with Gasteiger partial charge < -0.3 is 97.2 Å². The van der Waals surface area contributed by atoms with Crippen LogP contribution in [0, 0.1) is 5.92 Å². The van der Waals surface area contributed by atoms with Crippen LogP contribution in [0.25, 0.3) is 10.9 Å². The fourth-order valence-electron chi connectivity index (χ4n) is 8.79. The van der Waals surface area contributed by atoms with E-state index in [4.69, 9.17) is 28.7 Å². The SMILES string of the molecule is CC(=O)N[C@@H](C)C(=O)NCC(=O)N[C@@H](CCCN=C(N)N)C(=O)N[C@@H](CCCN=C(N)N)C(=O)N[C@@H](Cc1ccc(O)cc1)C(=O)N[C@@H](CO)C(=O)N[C@@H](CC(C)C)C(=O)N[C@@H](CSCc1ccc2c(S(=O)(=O)N(C)C)ccc(O)c2n1)C(=O)N[C@H](C)C(=O)N[C@@H](C)C(N)=O. The summed E-state index contributed by atoms with van der Waals surface area (Å²) in [5.41, 5.74) is 28.0. The Bertz CT molecular complexity index is 3390. The molecular weight excluding hydrogens is 1280 g/mol. The van der Waals surface area contributed by atoms with Crippen LogP contribution in [-0.4, -0.2) is 210 Å². The Morgan fingerprint density at radius 1 is 0.579 bits per heavy atom. The van der Waals surface area contributed by atoms with Gasteiger partial charge in [-0.2, -0.15) is 11.8 Å². The number of primary amides is 1. The maximum Gasteiger partial charge on any atom is 0.245 e. The number of aromatic hydroxyl groups is 2. The predicted molar refractivity (Wildman–Crippen MR) is 351 cm³/mol. The van der Waals surface area contributed by atoms with E-state index in [1.54, 1.807) is 13.8 Å². The van der Waals surface area contributed by atoms with Crippen LogP contribution in [-0.2, 0) is 74.9 Å². The lowest BCUT2D eigenvalue weighted by Crippen LogP contribution is -2.61. The number of aliphatic hydroxyl groups is 1. The number of phenolic OH excluding ortho intramolecular Hbond substituents is 2. The summed E-state index contributed by atoms with van der Waals surface area (Å²) >= 11 is 1.05. The van der Waals surface area contributed by atoms with E-state index in [-0.39, 0.29) is 108 Å². The van der Waals surface area contributed by atoms with Gasteiger partial charge in [-0.1, -0.05) is 26.0 Å². The Morgan fingerprint density at radius 2 is 1.07 bits per heavy atom. The minimum absolute atomic E-state index is 0.00484. The molecule has 1 heterocycles. The Labute approximate surface area is 553 Å². The smallest absolute Gasteiger partial charge is 0.245 e. The van der Waals surface area contributed by atoms with Gasteiger partial charge in [-0.25, -0.2) is 17.7 Å². The number of sulfonamides is 1. The zero-order valence-corrected chi connectivity index (χ0v) is 55.7. The summed E-state index contributed by atoms with van der Waals surface area (Å²) in [5, 5.41) is 56.4. The number of fused-ring (bicyclic) bond motifs is 1. The number of aliphatic imine (C=N–C) groups is 2. The first-order chi connectivity index (χ1) is 44.5. The number of thioether (sulfide) groups is 1. The average molecular weight is 1370 g/mol. The Morgan fingerprint density at radius 3 is 1.62 bits per heavy atom. The third-order valence-electron chi connectivity index (χ3n) is 13.9. The number of carbonyl (C=O) groups is 11. The Hall–Kier alpha value is -9.62. The number of hydrogen-bond acceptors (Lipinski definition) is 20. The highest BCUT2D eigenvalue weighted by Gasteiger charge is 2.35. The third-order valence-corrected chi connectivity index (χ3v) is 16.8. The minimum atomic E-state index is -3.97. The number of hydrogen-bond donors (Lipinski definition) is 18. The number of aromatic nitrogens is 1. The molecule has 23 N–H and O–H groups in total. The van der Waals surface area contributed by atoms with Gasteiger partial charge >= 0.3 is 0 Å². The second-order valence-electron chi connectivity index (χ2n) is 22.6. The maximum atomic E-state index is 14.5. The number of amides is 11. The Kier molecular flexibility index (Phi) is 32.3. The van der Waals surface area contributed by atoms with Gasteiger partial charge in [0.1, 0.15) is 71.4 Å². The van der Waals surface area contributed by atoms with Crippen molar-refractivity contribution in [2.75, 3.05) is 46.1 Å². The minimum Gasteiger partial charge on any atom is -0.508 e. The van der Waals surface area contributed by atoms with Gasteiger partial charge in [-0.05, 0) is 101 Å². The number of carbonyl (C=O) groups excluding carboxylic acids is 11. The van der Waals surface area contributed by atoms with Gasteiger partial charge in [-0.3, -0.25) is 62.7 Å². The molecule has 0 spiro atoms. The highest BCUT2D eigenvalue weighted by Crippen LogP contribution is 2.31. The van der Waals surface area contributed by atoms with E-state index >= 15 is 0 Å². The third kappa shape index (κ3) is 27.1. The van der Waals surface area contributed by atoms with Crippen molar-refractivity contribution >= 4 is 110 Å². The van der Waals surface area contributed by atoms with Crippen molar-refractivity contribution in [2.45, 2.75) is 145 Å². The molecular formula is C58H89N19O16S2. The summed E-state index contributed by atoms with van der Waals surface area (Å²) in [6, 6.07) is -1.98. The van der Waals surface area contributed by atoms with E-state index in [1.165, 1.54) is 90.3 Å². The molecule has 0 aliphatic rings.